The molecule has 1 amide bonds. The number of hydrogen-bond donors (Lipinski definition) is 3. The number of carbonyl (C=O) groups is 1. The van der Waals surface area contributed by atoms with E-state index in [-0.39, 0.29) is 12.2 Å². The maximum atomic E-state index is 12.4. The molecule has 0 atom stereocenters. The van der Waals surface area contributed by atoms with Gasteiger partial charge in [0.1, 0.15) is 11.6 Å². The van der Waals surface area contributed by atoms with Crippen LogP contribution in [0.1, 0.15) is 29.2 Å². The lowest BCUT2D eigenvalue weighted by atomic mass is 10.1. The molecule has 5 nitrogen and oxygen atoms in total. The molecule has 2 aromatic rings. The minimum Gasteiger partial charge on any atom is -0.392 e. The monoisotopic (exact) mass is 349 g/mol. The van der Waals surface area contributed by atoms with Gasteiger partial charge in [-0.05, 0) is 35.6 Å². The van der Waals surface area contributed by atoms with Crippen LogP contribution in [0.5, 0.6) is 0 Å². The lowest BCUT2D eigenvalue weighted by Gasteiger charge is -2.12. The van der Waals surface area contributed by atoms with Gasteiger partial charge in [0.05, 0.1) is 6.61 Å². The number of nitrogens with zero attached hydrogens (tertiary/aromatic N) is 1. The zero-order valence-corrected chi connectivity index (χ0v) is 15.0. The van der Waals surface area contributed by atoms with Gasteiger partial charge in [-0.3, -0.25) is 4.79 Å². The van der Waals surface area contributed by atoms with Crippen LogP contribution in [0.25, 0.3) is 0 Å². The number of rotatable bonds is 7. The molecule has 2 rings (SSSR count). The Morgan fingerprint density at radius 3 is 2.50 bits per heavy atom. The molecule has 0 heterocycles. The minimum absolute atomic E-state index is 0.00497. The summed E-state index contributed by atoms with van der Waals surface area (Å²) in [6.07, 6.45) is 2.23. The van der Waals surface area contributed by atoms with Crippen LogP contribution in [0.3, 0.4) is 0 Å². The average Bonchev–Trinajstić information content (AvgIpc) is 2.67. The van der Waals surface area contributed by atoms with Crippen LogP contribution in [0.4, 0.5) is 5.69 Å². The summed E-state index contributed by atoms with van der Waals surface area (Å²) in [7, 11) is 0. The van der Waals surface area contributed by atoms with Crippen LogP contribution in [0.2, 0.25) is 0 Å². The summed E-state index contributed by atoms with van der Waals surface area (Å²) in [6.45, 7) is 4.44. The molecule has 26 heavy (non-hydrogen) atoms. The standard InChI is InChI=1S/C21H23N3O2/c1-3-18-6-4-5-15(2)20(18)24-21(26)19(11-22)13-23-12-16-7-9-17(14-25)10-8-16/h4-10,13,23,25H,3,12,14H2,1-2H3,(H,24,26)/b19-13-. The van der Waals surface area contributed by atoms with E-state index in [1.54, 1.807) is 0 Å². The zero-order valence-electron chi connectivity index (χ0n) is 15.0. The van der Waals surface area contributed by atoms with Crippen molar-refractivity contribution in [3.8, 4) is 6.07 Å². The first-order valence-electron chi connectivity index (χ1n) is 8.51. The van der Waals surface area contributed by atoms with Gasteiger partial charge in [-0.1, -0.05) is 49.4 Å². The van der Waals surface area contributed by atoms with Crippen LogP contribution in [0.15, 0.2) is 54.2 Å². The number of carbonyl (C=O) groups excluding carboxylic acids is 1. The van der Waals surface area contributed by atoms with Gasteiger partial charge in [-0.2, -0.15) is 5.26 Å². The zero-order chi connectivity index (χ0) is 18.9. The predicted octanol–water partition coefficient (Wildman–Crippen LogP) is 3.19. The third-order valence-electron chi connectivity index (χ3n) is 4.10. The first-order valence-corrected chi connectivity index (χ1v) is 8.51. The van der Waals surface area contributed by atoms with E-state index >= 15 is 0 Å². The summed E-state index contributed by atoms with van der Waals surface area (Å²) in [5.41, 5.74) is 4.61. The van der Waals surface area contributed by atoms with E-state index in [2.05, 4.69) is 10.6 Å². The highest BCUT2D eigenvalue weighted by molar-refractivity contribution is 6.07. The molecule has 3 N–H and O–H groups in total. The Balaban J connectivity index is 2.04. The molecule has 0 spiro atoms. The lowest BCUT2D eigenvalue weighted by molar-refractivity contribution is -0.112. The number of para-hydroxylation sites is 1. The van der Waals surface area contributed by atoms with E-state index < -0.39 is 5.91 Å². The lowest BCUT2D eigenvalue weighted by Crippen LogP contribution is -2.18. The third-order valence-corrected chi connectivity index (χ3v) is 4.10. The van der Waals surface area contributed by atoms with E-state index in [9.17, 15) is 10.1 Å². The van der Waals surface area contributed by atoms with Crippen molar-refractivity contribution in [2.75, 3.05) is 5.32 Å². The van der Waals surface area contributed by atoms with Crippen LogP contribution in [-0.2, 0) is 24.4 Å². The summed E-state index contributed by atoms with van der Waals surface area (Å²) in [5.74, 6) is -0.431. The second-order valence-corrected chi connectivity index (χ2v) is 5.94. The Kier molecular flexibility index (Phi) is 6.95. The van der Waals surface area contributed by atoms with Crippen molar-refractivity contribution in [1.82, 2.24) is 5.32 Å². The quantitative estimate of drug-likeness (QED) is 0.529. The molecule has 134 valence electrons. The number of anilines is 1. The van der Waals surface area contributed by atoms with Gasteiger partial charge in [0.2, 0.25) is 0 Å². The highest BCUT2D eigenvalue weighted by atomic mass is 16.3. The number of aryl methyl sites for hydroxylation is 2. The van der Waals surface area contributed by atoms with Gasteiger partial charge in [-0.25, -0.2) is 0 Å². The van der Waals surface area contributed by atoms with Crippen LogP contribution in [0, 0.1) is 18.3 Å². The van der Waals surface area contributed by atoms with Gasteiger partial charge in [0, 0.05) is 18.4 Å². The highest BCUT2D eigenvalue weighted by Gasteiger charge is 2.12. The second kappa shape index (κ2) is 9.40. The van der Waals surface area contributed by atoms with Crippen molar-refractivity contribution >= 4 is 11.6 Å². The summed E-state index contributed by atoms with van der Waals surface area (Å²) in [5, 5.41) is 24.2. The topological polar surface area (TPSA) is 85.2 Å². The Hall–Kier alpha value is -3.10. The molecule has 0 fully saturated rings. The maximum absolute atomic E-state index is 12.4. The third kappa shape index (κ3) is 4.95. The Morgan fingerprint density at radius 2 is 1.88 bits per heavy atom. The molecule has 0 saturated heterocycles. The van der Waals surface area contributed by atoms with Crippen molar-refractivity contribution in [3.05, 3.63) is 76.5 Å². The van der Waals surface area contributed by atoms with Crippen molar-refractivity contribution in [3.63, 3.8) is 0 Å². The Labute approximate surface area is 154 Å². The molecule has 0 aliphatic heterocycles. The van der Waals surface area contributed by atoms with Gasteiger partial charge in [0.25, 0.3) is 5.91 Å². The number of aliphatic hydroxyl groups is 1. The molecule has 5 heteroatoms. The van der Waals surface area contributed by atoms with Crippen LogP contribution < -0.4 is 10.6 Å². The van der Waals surface area contributed by atoms with Gasteiger partial charge < -0.3 is 15.7 Å². The van der Waals surface area contributed by atoms with E-state index in [1.807, 2.05) is 62.4 Å². The number of nitriles is 1. The smallest absolute Gasteiger partial charge is 0.267 e. The second-order valence-electron chi connectivity index (χ2n) is 5.94. The Bertz CT molecular complexity index is 833. The minimum atomic E-state index is -0.431. The molecule has 0 radical (unpaired) electrons. The van der Waals surface area contributed by atoms with Crippen molar-refractivity contribution in [2.45, 2.75) is 33.4 Å². The molecule has 0 saturated carbocycles. The highest BCUT2D eigenvalue weighted by Crippen LogP contribution is 2.21. The summed E-state index contributed by atoms with van der Waals surface area (Å²) in [6, 6.07) is 15.2. The normalized spacial score (nSPS) is 10.9. The van der Waals surface area contributed by atoms with E-state index in [0.717, 1.165) is 34.4 Å². The number of hydrogen-bond acceptors (Lipinski definition) is 4. The Morgan fingerprint density at radius 1 is 1.19 bits per heavy atom. The summed E-state index contributed by atoms with van der Waals surface area (Å²) in [4.78, 5) is 12.4. The van der Waals surface area contributed by atoms with Gasteiger partial charge in [-0.15, -0.1) is 0 Å². The molecule has 0 bridgehead atoms. The molecule has 0 unspecified atom stereocenters. The van der Waals surface area contributed by atoms with Crippen LogP contribution in [-0.4, -0.2) is 11.0 Å². The SMILES string of the molecule is CCc1cccc(C)c1NC(=O)/C(C#N)=C\NCc1ccc(CO)cc1. The van der Waals surface area contributed by atoms with Crippen molar-refractivity contribution < 1.29 is 9.90 Å². The average molecular weight is 349 g/mol. The number of amides is 1. The maximum Gasteiger partial charge on any atom is 0.267 e. The summed E-state index contributed by atoms with van der Waals surface area (Å²) < 4.78 is 0. The first-order chi connectivity index (χ1) is 12.6. The van der Waals surface area contributed by atoms with E-state index in [4.69, 9.17) is 5.11 Å². The van der Waals surface area contributed by atoms with Crippen LogP contribution >= 0.6 is 0 Å². The van der Waals surface area contributed by atoms with Gasteiger partial charge >= 0.3 is 0 Å². The fraction of sp³-hybridized carbons (Fsp3) is 0.238. The molecule has 2 aromatic carbocycles. The van der Waals surface area contributed by atoms with E-state index in [0.29, 0.717) is 6.54 Å². The van der Waals surface area contributed by atoms with Crippen molar-refractivity contribution in [1.29, 1.82) is 5.26 Å². The number of aliphatic hydroxyl groups excluding tert-OH is 1. The van der Waals surface area contributed by atoms with Crippen molar-refractivity contribution in [2.24, 2.45) is 0 Å². The number of benzene rings is 2. The first kappa shape index (κ1) is 19.2. The summed E-state index contributed by atoms with van der Waals surface area (Å²) >= 11 is 0. The fourth-order valence-corrected chi connectivity index (χ4v) is 2.56. The molecule has 0 aliphatic rings. The molecular weight excluding hydrogens is 326 g/mol. The molecule has 0 aliphatic carbocycles. The number of nitrogens with one attached hydrogen (secondary N) is 2. The molecular formula is C21H23N3O2. The fourth-order valence-electron chi connectivity index (χ4n) is 2.56. The largest absolute Gasteiger partial charge is 0.392 e. The predicted molar refractivity (Wildman–Crippen MR) is 102 cm³/mol. The van der Waals surface area contributed by atoms with E-state index in [1.165, 1.54) is 6.20 Å². The van der Waals surface area contributed by atoms with Gasteiger partial charge in [0.15, 0.2) is 0 Å². The molecule has 0 aromatic heterocycles.